The number of nitrogens with zero attached hydrogens (tertiary/aromatic N) is 1. The smallest absolute Gasteiger partial charge is 0.313 e. The van der Waals surface area contributed by atoms with E-state index >= 15 is 0 Å². The van der Waals surface area contributed by atoms with Gasteiger partial charge in [0.2, 0.25) is 0 Å². The highest BCUT2D eigenvalue weighted by molar-refractivity contribution is 5.83. The molecule has 0 spiro atoms. The number of benzene rings is 2. The molecule has 1 saturated carbocycles. The summed E-state index contributed by atoms with van der Waals surface area (Å²) in [6, 6.07) is 14.0. The van der Waals surface area contributed by atoms with Crippen LogP contribution in [-0.4, -0.2) is 28.5 Å². The summed E-state index contributed by atoms with van der Waals surface area (Å²) in [6.07, 6.45) is 3.75. The van der Waals surface area contributed by atoms with E-state index in [1.165, 1.54) is 6.07 Å². The number of halogens is 1. The van der Waals surface area contributed by atoms with Gasteiger partial charge in [0.25, 0.3) is 5.91 Å². The lowest BCUT2D eigenvalue weighted by atomic mass is 9.82. The number of esters is 1. The molecule has 0 unspecified atom stereocenters. The van der Waals surface area contributed by atoms with Crippen LogP contribution in [0.2, 0.25) is 0 Å². The molecule has 1 aliphatic rings. The standard InChI is InChI=1S/C23H24FN3O3/c24-17-8-2-1-7-16(17)14-25-21(28)15-30-22(29)23(11-5-6-12-23)13-20-26-18-9-3-4-10-19(18)27-20/h1-4,7-10H,5-6,11-15H2,(H,25,28)(H,26,27). The Bertz CT molecular complexity index is 1020. The molecule has 1 heterocycles. The minimum atomic E-state index is -0.667. The van der Waals surface area contributed by atoms with E-state index in [4.69, 9.17) is 4.74 Å². The number of nitrogens with one attached hydrogen (secondary N) is 2. The number of imidazole rings is 1. The molecule has 0 aliphatic heterocycles. The van der Waals surface area contributed by atoms with Gasteiger partial charge in [-0.3, -0.25) is 9.59 Å². The van der Waals surface area contributed by atoms with Crippen molar-refractivity contribution >= 4 is 22.9 Å². The van der Waals surface area contributed by atoms with E-state index in [9.17, 15) is 14.0 Å². The zero-order chi connectivity index (χ0) is 21.0. The average molecular weight is 409 g/mol. The van der Waals surface area contributed by atoms with Crippen LogP contribution in [0.25, 0.3) is 11.0 Å². The second kappa shape index (κ2) is 8.65. The molecule has 30 heavy (non-hydrogen) atoms. The fraction of sp³-hybridized carbons (Fsp3) is 0.348. The van der Waals surface area contributed by atoms with Gasteiger partial charge in [-0.25, -0.2) is 9.37 Å². The predicted molar refractivity (Wildman–Crippen MR) is 110 cm³/mol. The summed E-state index contributed by atoms with van der Waals surface area (Å²) in [6.45, 7) is -0.331. The number of para-hydroxylation sites is 2. The van der Waals surface area contributed by atoms with Crippen molar-refractivity contribution in [2.45, 2.75) is 38.6 Å². The van der Waals surface area contributed by atoms with Gasteiger partial charge < -0.3 is 15.0 Å². The van der Waals surface area contributed by atoms with E-state index in [1.54, 1.807) is 18.2 Å². The fourth-order valence-electron chi connectivity index (χ4n) is 4.09. The van der Waals surface area contributed by atoms with Gasteiger partial charge >= 0.3 is 5.97 Å². The number of H-pyrrole nitrogens is 1. The van der Waals surface area contributed by atoms with E-state index in [1.807, 2.05) is 24.3 Å². The number of hydrogen-bond acceptors (Lipinski definition) is 4. The van der Waals surface area contributed by atoms with Crippen molar-refractivity contribution in [3.05, 3.63) is 65.7 Å². The number of hydrogen-bond donors (Lipinski definition) is 2. The molecule has 156 valence electrons. The molecule has 2 N–H and O–H groups in total. The lowest BCUT2D eigenvalue weighted by Gasteiger charge is -2.25. The summed E-state index contributed by atoms with van der Waals surface area (Å²) < 4.78 is 19.0. The minimum absolute atomic E-state index is 0.0488. The van der Waals surface area contributed by atoms with Gasteiger partial charge in [-0.1, -0.05) is 43.2 Å². The van der Waals surface area contributed by atoms with Gasteiger partial charge in [-0.2, -0.15) is 0 Å². The maximum atomic E-state index is 13.6. The van der Waals surface area contributed by atoms with Gasteiger partial charge in [-0.05, 0) is 31.0 Å². The Balaban J connectivity index is 1.36. The summed E-state index contributed by atoms with van der Waals surface area (Å²) >= 11 is 0. The molecule has 1 aromatic heterocycles. The van der Waals surface area contributed by atoms with E-state index in [0.717, 1.165) is 29.7 Å². The zero-order valence-electron chi connectivity index (χ0n) is 16.6. The highest BCUT2D eigenvalue weighted by Crippen LogP contribution is 2.42. The summed E-state index contributed by atoms with van der Waals surface area (Å²) in [4.78, 5) is 32.9. The zero-order valence-corrected chi connectivity index (χ0v) is 16.6. The molecule has 0 bridgehead atoms. The van der Waals surface area contributed by atoms with Crippen LogP contribution in [0.3, 0.4) is 0 Å². The van der Waals surface area contributed by atoms with Crippen LogP contribution in [0.15, 0.2) is 48.5 Å². The third kappa shape index (κ3) is 4.35. The number of fused-ring (bicyclic) bond motifs is 1. The average Bonchev–Trinajstić information content (AvgIpc) is 3.38. The maximum absolute atomic E-state index is 13.6. The topological polar surface area (TPSA) is 84.1 Å². The van der Waals surface area contributed by atoms with E-state index in [2.05, 4.69) is 15.3 Å². The highest BCUT2D eigenvalue weighted by atomic mass is 19.1. The third-order valence-corrected chi connectivity index (χ3v) is 5.71. The summed E-state index contributed by atoms with van der Waals surface area (Å²) in [5.41, 5.74) is 1.51. The number of carbonyl (C=O) groups is 2. The van der Waals surface area contributed by atoms with E-state index < -0.39 is 11.3 Å². The molecular weight excluding hydrogens is 385 g/mol. The fourth-order valence-corrected chi connectivity index (χ4v) is 4.09. The maximum Gasteiger partial charge on any atom is 0.313 e. The van der Waals surface area contributed by atoms with Crippen molar-refractivity contribution in [2.24, 2.45) is 5.41 Å². The van der Waals surface area contributed by atoms with Crippen LogP contribution in [0.1, 0.15) is 37.1 Å². The lowest BCUT2D eigenvalue weighted by Crippen LogP contribution is -2.36. The predicted octanol–water partition coefficient (Wildman–Crippen LogP) is 3.66. The quantitative estimate of drug-likeness (QED) is 0.583. The van der Waals surface area contributed by atoms with Gasteiger partial charge in [0.15, 0.2) is 6.61 Å². The van der Waals surface area contributed by atoms with Crippen molar-refractivity contribution in [3.63, 3.8) is 0 Å². The molecule has 1 aliphatic carbocycles. The molecule has 2 aromatic carbocycles. The van der Waals surface area contributed by atoms with Crippen molar-refractivity contribution in [2.75, 3.05) is 6.61 Å². The summed E-state index contributed by atoms with van der Waals surface area (Å²) in [5.74, 6) is -0.463. The highest BCUT2D eigenvalue weighted by Gasteiger charge is 2.43. The minimum Gasteiger partial charge on any atom is -0.455 e. The number of aromatic amines is 1. The van der Waals surface area contributed by atoms with E-state index in [0.29, 0.717) is 24.8 Å². The molecule has 0 saturated heterocycles. The Morgan fingerprint density at radius 1 is 1.10 bits per heavy atom. The molecule has 0 atom stereocenters. The Morgan fingerprint density at radius 2 is 1.83 bits per heavy atom. The molecule has 7 heteroatoms. The number of ether oxygens (including phenoxy) is 1. The Labute approximate surface area is 173 Å². The Morgan fingerprint density at radius 3 is 2.60 bits per heavy atom. The number of amides is 1. The Kier molecular flexibility index (Phi) is 5.79. The Hall–Kier alpha value is -3.22. The molecule has 0 radical (unpaired) electrons. The molecular formula is C23H24FN3O3. The van der Waals surface area contributed by atoms with Crippen LogP contribution in [0, 0.1) is 11.2 Å². The van der Waals surface area contributed by atoms with Crippen LogP contribution in [0.4, 0.5) is 4.39 Å². The van der Waals surface area contributed by atoms with Gasteiger partial charge in [0.1, 0.15) is 11.6 Å². The SMILES string of the molecule is O=C(COC(=O)C1(Cc2nc3ccccc3[nH]2)CCCC1)NCc1ccccc1F. The normalized spacial score (nSPS) is 15.2. The van der Waals surface area contributed by atoms with Crippen molar-refractivity contribution < 1.29 is 18.7 Å². The van der Waals surface area contributed by atoms with Crippen LogP contribution < -0.4 is 5.32 Å². The summed E-state index contributed by atoms with van der Waals surface area (Å²) in [5, 5.41) is 2.59. The monoisotopic (exact) mass is 409 g/mol. The number of carbonyl (C=O) groups excluding carboxylic acids is 2. The number of aromatic nitrogens is 2. The first-order valence-electron chi connectivity index (χ1n) is 10.2. The van der Waals surface area contributed by atoms with Crippen LogP contribution in [0.5, 0.6) is 0 Å². The lowest BCUT2D eigenvalue weighted by molar-refractivity contribution is -0.159. The van der Waals surface area contributed by atoms with Crippen molar-refractivity contribution in [1.82, 2.24) is 15.3 Å². The third-order valence-electron chi connectivity index (χ3n) is 5.71. The summed E-state index contributed by atoms with van der Waals surface area (Å²) in [7, 11) is 0. The second-order valence-corrected chi connectivity index (χ2v) is 7.81. The first-order chi connectivity index (χ1) is 14.6. The van der Waals surface area contributed by atoms with Gasteiger partial charge in [-0.15, -0.1) is 0 Å². The molecule has 6 nitrogen and oxygen atoms in total. The molecule has 1 amide bonds. The van der Waals surface area contributed by atoms with Crippen LogP contribution in [-0.2, 0) is 27.3 Å². The van der Waals surface area contributed by atoms with E-state index in [-0.39, 0.29) is 24.9 Å². The van der Waals surface area contributed by atoms with Crippen molar-refractivity contribution in [3.8, 4) is 0 Å². The largest absolute Gasteiger partial charge is 0.455 e. The van der Waals surface area contributed by atoms with Crippen molar-refractivity contribution in [1.29, 1.82) is 0 Å². The van der Waals surface area contributed by atoms with Gasteiger partial charge in [0, 0.05) is 18.5 Å². The van der Waals surface area contributed by atoms with Crippen LogP contribution >= 0.6 is 0 Å². The van der Waals surface area contributed by atoms with Gasteiger partial charge in [0.05, 0.1) is 16.4 Å². The first kappa shape index (κ1) is 20.1. The second-order valence-electron chi connectivity index (χ2n) is 7.81. The first-order valence-corrected chi connectivity index (χ1v) is 10.2. The number of rotatable bonds is 7. The molecule has 4 rings (SSSR count). The molecule has 1 fully saturated rings. The molecule has 3 aromatic rings.